The summed E-state index contributed by atoms with van der Waals surface area (Å²) < 4.78 is 23.7. The van der Waals surface area contributed by atoms with Gasteiger partial charge >= 0.3 is 341 Å². The zero-order chi connectivity index (χ0) is 39.9. The summed E-state index contributed by atoms with van der Waals surface area (Å²) in [6.07, 6.45) is 4.68. The number of allylic oxidation sites excluding steroid dienone is 2. The third-order valence-corrected chi connectivity index (χ3v) is 58.8. The second-order valence-corrected chi connectivity index (χ2v) is 54.7. The summed E-state index contributed by atoms with van der Waals surface area (Å²) in [4.78, 5) is 0. The molecule has 0 radical (unpaired) electrons. The molecule has 2 aliphatic carbocycles. The fourth-order valence-corrected chi connectivity index (χ4v) is 36.9. The van der Waals surface area contributed by atoms with Gasteiger partial charge in [0.1, 0.15) is 0 Å². The zero-order valence-electron chi connectivity index (χ0n) is 33.8. The molecular formula is C48H48Cl2O4SiZr. The maximum absolute atomic E-state index is 8.98. The third kappa shape index (κ3) is 6.01. The summed E-state index contributed by atoms with van der Waals surface area (Å²) in [5.74, 6) is 4.99. The van der Waals surface area contributed by atoms with Crippen molar-refractivity contribution in [2.24, 2.45) is 0 Å². The van der Waals surface area contributed by atoms with Crippen molar-refractivity contribution < 1.29 is 33.3 Å². The average molecular weight is 879 g/mol. The molecule has 4 aromatic carbocycles. The minimum atomic E-state index is -5.45. The van der Waals surface area contributed by atoms with Crippen molar-refractivity contribution in [1.82, 2.24) is 0 Å². The summed E-state index contributed by atoms with van der Waals surface area (Å²) >= 11 is -5.45. The second-order valence-electron chi connectivity index (χ2n) is 15.9. The molecule has 4 nitrogen and oxygen atoms in total. The van der Waals surface area contributed by atoms with Gasteiger partial charge in [0, 0.05) is 0 Å². The van der Waals surface area contributed by atoms with Crippen LogP contribution in [0, 0.1) is 41.5 Å². The number of methoxy groups -OCH3 is 2. The van der Waals surface area contributed by atoms with E-state index in [4.69, 9.17) is 35.3 Å². The predicted octanol–water partition coefficient (Wildman–Crippen LogP) is 14.2. The van der Waals surface area contributed by atoms with Crippen LogP contribution in [0.25, 0.3) is 45.6 Å². The molecule has 0 saturated heterocycles. The first-order valence-corrected chi connectivity index (χ1v) is 34.5. The van der Waals surface area contributed by atoms with Crippen molar-refractivity contribution in [1.29, 1.82) is 0 Å². The van der Waals surface area contributed by atoms with E-state index in [0.29, 0.717) is 0 Å². The molecule has 2 heterocycles. The molecule has 2 aromatic heterocycles. The topological polar surface area (TPSA) is 44.7 Å². The van der Waals surface area contributed by atoms with E-state index in [0.717, 1.165) is 67.9 Å². The summed E-state index contributed by atoms with van der Waals surface area (Å²) in [6.45, 7) is 17.5. The van der Waals surface area contributed by atoms with E-state index in [2.05, 4.69) is 101 Å². The Kier molecular flexibility index (Phi) is 9.93. The quantitative estimate of drug-likeness (QED) is 0.143. The third-order valence-electron chi connectivity index (χ3n) is 12.5. The van der Waals surface area contributed by atoms with Crippen molar-refractivity contribution in [3.63, 3.8) is 0 Å². The van der Waals surface area contributed by atoms with E-state index in [9.17, 15) is 0 Å². The summed E-state index contributed by atoms with van der Waals surface area (Å²) in [5.41, 5.74) is 14.9. The molecule has 0 saturated carbocycles. The van der Waals surface area contributed by atoms with E-state index in [1.807, 2.05) is 50.2 Å². The number of hydrogen-bond donors (Lipinski definition) is 0. The van der Waals surface area contributed by atoms with Gasteiger partial charge in [0.25, 0.3) is 0 Å². The molecule has 8 rings (SSSR count). The maximum atomic E-state index is 8.98. The number of rotatable bonds is 8. The van der Waals surface area contributed by atoms with Gasteiger partial charge in [-0.25, -0.2) is 0 Å². The number of furan rings is 2. The molecule has 8 heteroatoms. The first-order chi connectivity index (χ1) is 26.6. The molecule has 2 unspecified atom stereocenters. The summed E-state index contributed by atoms with van der Waals surface area (Å²) in [7, 11) is 21.4. The number of ether oxygens (including phenoxy) is 2. The van der Waals surface area contributed by atoms with Crippen molar-refractivity contribution in [3.05, 3.63) is 152 Å². The van der Waals surface area contributed by atoms with Gasteiger partial charge in [0.15, 0.2) is 0 Å². The molecular weight excluding hydrogens is 831 g/mol. The molecule has 56 heavy (non-hydrogen) atoms. The Hall–Kier alpha value is -3.80. The molecule has 286 valence electrons. The van der Waals surface area contributed by atoms with Crippen LogP contribution >= 0.6 is 17.0 Å². The number of halogens is 2. The van der Waals surface area contributed by atoms with E-state index in [1.165, 1.54) is 44.5 Å². The normalized spacial score (nSPS) is 16.4. The Balaban J connectivity index is 1.47. The predicted molar refractivity (Wildman–Crippen MR) is 233 cm³/mol. The van der Waals surface area contributed by atoms with Crippen LogP contribution in [0.5, 0.6) is 11.5 Å². The van der Waals surface area contributed by atoms with E-state index >= 15 is 0 Å². The molecule has 0 N–H and O–H groups in total. The van der Waals surface area contributed by atoms with Gasteiger partial charge in [-0.2, -0.15) is 0 Å². The number of aryl methyl sites for hydroxylation is 4. The minimum absolute atomic E-state index is 0.262. The van der Waals surface area contributed by atoms with Crippen LogP contribution in [-0.2, 0) is 15.0 Å². The Bertz CT molecular complexity index is 2530. The van der Waals surface area contributed by atoms with Gasteiger partial charge < -0.3 is 0 Å². The Morgan fingerprint density at radius 2 is 0.929 bits per heavy atom. The SMILES string of the molecule is COc1ccc(-c2c(C)c(C)cc3c2C=C(c2ccc(C)o2)[CH]3[Zr]([Cl])([Cl])([CH]2C(c3ccc(C)o3)=Cc3c2cc(C)c(C)c3-c2ccc(OC)cc2)=[Si](C)C)cc1. The second kappa shape index (κ2) is 14.2. The standard InChI is InChI=1S/2C23H21O2.C2H6Si.2ClH.Zr/c2*1-14-11-18-12-19(22-10-5-15(2)25-22)13-21(18)23(16(14)3)17-6-8-20(24-4)9-7-17;1-3-2;;;/h2*5-13H,1-4H3;1-2H3;2*1H;/q;;;;;+2/p-2. The molecule has 0 fully saturated rings. The fourth-order valence-electron chi connectivity index (χ4n) is 9.28. The van der Waals surface area contributed by atoms with E-state index in [1.54, 1.807) is 14.2 Å². The monoisotopic (exact) mass is 876 g/mol. The summed E-state index contributed by atoms with van der Waals surface area (Å²) in [5, 5.41) is 0. The molecule has 2 aliphatic rings. The van der Waals surface area contributed by atoms with Crippen molar-refractivity contribution >= 4 is 45.8 Å². The van der Waals surface area contributed by atoms with Crippen LogP contribution in [0.15, 0.2) is 93.8 Å². The average Bonchev–Trinajstić information content (AvgIpc) is 3.98. The molecule has 2 atom stereocenters. The van der Waals surface area contributed by atoms with Crippen molar-refractivity contribution in [2.75, 3.05) is 14.2 Å². The Morgan fingerprint density at radius 1 is 0.554 bits per heavy atom. The molecule has 0 spiro atoms. The summed E-state index contributed by atoms with van der Waals surface area (Å²) in [6, 6.07) is 29.8. The van der Waals surface area contributed by atoms with Gasteiger partial charge in [-0.1, -0.05) is 0 Å². The first kappa shape index (κ1) is 39.0. The van der Waals surface area contributed by atoms with Gasteiger partial charge in [-0.15, -0.1) is 0 Å². The van der Waals surface area contributed by atoms with Crippen LogP contribution < -0.4 is 9.47 Å². The van der Waals surface area contributed by atoms with Crippen LogP contribution in [0.2, 0.25) is 13.1 Å². The van der Waals surface area contributed by atoms with E-state index < -0.39 is 20.4 Å². The van der Waals surface area contributed by atoms with Gasteiger partial charge in [-0.3, -0.25) is 0 Å². The fraction of sp³-hybridized carbons (Fsp3) is 0.250. The Morgan fingerprint density at radius 3 is 1.23 bits per heavy atom. The number of fused-ring (bicyclic) bond motifs is 2. The molecule has 6 aromatic rings. The molecule has 0 amide bonds. The first-order valence-electron chi connectivity index (χ1n) is 19.2. The van der Waals surface area contributed by atoms with Crippen LogP contribution in [0.3, 0.4) is 0 Å². The van der Waals surface area contributed by atoms with Gasteiger partial charge in [0.05, 0.1) is 0 Å². The Labute approximate surface area is 338 Å². The van der Waals surface area contributed by atoms with Crippen LogP contribution in [0.4, 0.5) is 0 Å². The van der Waals surface area contributed by atoms with Crippen LogP contribution in [0.1, 0.15) is 74.8 Å². The number of benzene rings is 4. The van der Waals surface area contributed by atoms with Gasteiger partial charge in [-0.05, 0) is 0 Å². The van der Waals surface area contributed by atoms with Crippen LogP contribution in [-0.4, -0.2) is 19.7 Å². The molecule has 0 bridgehead atoms. The zero-order valence-corrected chi connectivity index (χ0v) is 38.8. The van der Waals surface area contributed by atoms with Crippen molar-refractivity contribution in [3.8, 4) is 33.8 Å². The van der Waals surface area contributed by atoms with Gasteiger partial charge in [0.2, 0.25) is 0 Å². The number of hydrogen-bond acceptors (Lipinski definition) is 4. The van der Waals surface area contributed by atoms with Crippen molar-refractivity contribution in [2.45, 2.75) is 61.9 Å². The van der Waals surface area contributed by atoms with E-state index in [-0.39, 0.29) is 7.25 Å². The molecule has 0 aliphatic heterocycles.